The Morgan fingerprint density at radius 1 is 1.33 bits per heavy atom. The Bertz CT molecular complexity index is 294. The zero-order chi connectivity index (χ0) is 13.5. The van der Waals surface area contributed by atoms with Crippen molar-refractivity contribution >= 4 is 35.3 Å². The molecule has 18 heavy (non-hydrogen) atoms. The van der Waals surface area contributed by atoms with E-state index in [1.165, 1.54) is 7.11 Å². The highest BCUT2D eigenvalue weighted by atomic mass is 32.2. The van der Waals surface area contributed by atoms with Gasteiger partial charge >= 0.3 is 5.97 Å². The van der Waals surface area contributed by atoms with Crippen molar-refractivity contribution in [2.75, 3.05) is 18.6 Å². The van der Waals surface area contributed by atoms with E-state index in [1.54, 1.807) is 11.8 Å². The van der Waals surface area contributed by atoms with E-state index in [9.17, 15) is 9.59 Å². The van der Waals surface area contributed by atoms with E-state index >= 15 is 0 Å². The summed E-state index contributed by atoms with van der Waals surface area (Å²) in [6.07, 6.45) is 2.50. The number of rotatable bonds is 6. The molecular formula is C13H22O3S2. The van der Waals surface area contributed by atoms with Crippen LogP contribution >= 0.6 is 23.5 Å². The first-order chi connectivity index (χ1) is 8.61. The quantitative estimate of drug-likeness (QED) is 0.556. The monoisotopic (exact) mass is 290 g/mol. The molecule has 1 aliphatic heterocycles. The van der Waals surface area contributed by atoms with Gasteiger partial charge in [-0.15, -0.1) is 11.8 Å². The van der Waals surface area contributed by atoms with Gasteiger partial charge in [-0.05, 0) is 6.42 Å². The van der Waals surface area contributed by atoms with Crippen LogP contribution in [0.1, 0.15) is 33.1 Å². The third-order valence-electron chi connectivity index (χ3n) is 3.14. The third kappa shape index (κ3) is 4.19. The summed E-state index contributed by atoms with van der Waals surface area (Å²) in [5, 5.41) is 0.245. The van der Waals surface area contributed by atoms with Crippen molar-refractivity contribution in [3.8, 4) is 0 Å². The Kier molecular flexibility index (Phi) is 7.15. The van der Waals surface area contributed by atoms with Gasteiger partial charge in [0.2, 0.25) is 0 Å². The molecule has 3 nitrogen and oxygen atoms in total. The summed E-state index contributed by atoms with van der Waals surface area (Å²) >= 11 is 3.51. The minimum absolute atomic E-state index is 0.0512. The smallest absolute Gasteiger partial charge is 0.316 e. The van der Waals surface area contributed by atoms with Gasteiger partial charge in [0.1, 0.15) is 5.92 Å². The molecular weight excluding hydrogens is 268 g/mol. The molecule has 1 fully saturated rings. The van der Waals surface area contributed by atoms with Crippen molar-refractivity contribution in [3.63, 3.8) is 0 Å². The van der Waals surface area contributed by atoms with Crippen molar-refractivity contribution in [2.45, 2.75) is 43.6 Å². The summed E-state index contributed by atoms with van der Waals surface area (Å²) in [6.45, 7) is 4.14. The van der Waals surface area contributed by atoms with Crippen molar-refractivity contribution in [2.24, 2.45) is 5.92 Å². The summed E-state index contributed by atoms with van der Waals surface area (Å²) in [7, 11) is 1.36. The van der Waals surface area contributed by atoms with Crippen LogP contribution in [0.3, 0.4) is 0 Å². The molecule has 0 radical (unpaired) electrons. The fraction of sp³-hybridized carbons (Fsp3) is 0.846. The molecule has 1 aliphatic rings. The number of unbranched alkanes of at least 4 members (excludes halogenated alkanes) is 1. The molecule has 3 unspecified atom stereocenters. The van der Waals surface area contributed by atoms with Crippen LogP contribution in [0.2, 0.25) is 0 Å². The minimum atomic E-state index is -0.561. The van der Waals surface area contributed by atoms with E-state index in [1.807, 2.05) is 11.8 Å². The van der Waals surface area contributed by atoms with Gasteiger partial charge in [0.05, 0.1) is 12.4 Å². The van der Waals surface area contributed by atoms with Crippen LogP contribution in [0.5, 0.6) is 0 Å². The second kappa shape index (κ2) is 8.10. The Morgan fingerprint density at radius 3 is 2.56 bits per heavy atom. The maximum absolute atomic E-state index is 12.5. The summed E-state index contributed by atoms with van der Waals surface area (Å²) in [5.41, 5.74) is 0. The number of carbonyl (C=O) groups is 2. The van der Waals surface area contributed by atoms with Crippen molar-refractivity contribution in [1.29, 1.82) is 0 Å². The van der Waals surface area contributed by atoms with E-state index < -0.39 is 5.92 Å². The number of ketones is 1. The molecule has 0 aromatic carbocycles. The molecule has 104 valence electrons. The topological polar surface area (TPSA) is 43.4 Å². The number of thioether (sulfide) groups is 2. The normalized spacial score (nSPS) is 25.5. The Labute approximate surface area is 118 Å². The van der Waals surface area contributed by atoms with Crippen LogP contribution in [-0.4, -0.2) is 40.9 Å². The van der Waals surface area contributed by atoms with Gasteiger partial charge < -0.3 is 4.74 Å². The molecule has 1 saturated heterocycles. The van der Waals surface area contributed by atoms with E-state index in [-0.39, 0.29) is 17.0 Å². The van der Waals surface area contributed by atoms with Crippen LogP contribution in [0, 0.1) is 5.92 Å². The molecule has 1 heterocycles. The predicted octanol–water partition coefficient (Wildman–Crippen LogP) is 2.77. The van der Waals surface area contributed by atoms with E-state index in [2.05, 4.69) is 13.8 Å². The summed E-state index contributed by atoms with van der Waals surface area (Å²) in [5.74, 6) is 1.23. The number of Topliss-reactive ketones (excluding diaryl/α,β-unsaturated/α-hetero) is 1. The van der Waals surface area contributed by atoms with Crippen molar-refractivity contribution < 1.29 is 14.3 Å². The Balaban J connectivity index is 2.70. The van der Waals surface area contributed by atoms with E-state index in [0.29, 0.717) is 11.7 Å². The number of methoxy groups -OCH3 is 1. The third-order valence-corrected chi connectivity index (χ3v) is 6.25. The number of ether oxygens (including phenoxy) is 1. The molecule has 0 spiro atoms. The summed E-state index contributed by atoms with van der Waals surface area (Å²) in [6, 6.07) is 0. The lowest BCUT2D eigenvalue weighted by Gasteiger charge is -2.29. The average molecular weight is 290 g/mol. The average Bonchev–Trinajstić information content (AvgIpc) is 2.39. The second-order valence-electron chi connectivity index (χ2n) is 4.49. The molecule has 5 heteroatoms. The van der Waals surface area contributed by atoms with Crippen LogP contribution in [-0.2, 0) is 14.3 Å². The zero-order valence-corrected chi connectivity index (χ0v) is 12.9. The maximum atomic E-state index is 12.5. The molecule has 0 aromatic heterocycles. The van der Waals surface area contributed by atoms with Crippen molar-refractivity contribution in [3.05, 3.63) is 0 Å². The van der Waals surface area contributed by atoms with E-state index in [0.717, 1.165) is 24.3 Å². The SMILES string of the molecule is CCCCC(C(=O)OC)C(=O)C1SCCSC1C. The van der Waals surface area contributed by atoms with Crippen LogP contribution in [0.15, 0.2) is 0 Å². The standard InChI is InChI=1S/C13H22O3S2/c1-4-5-6-10(13(15)16-3)11(14)12-9(2)17-7-8-18-12/h9-10,12H,4-8H2,1-3H3. The summed E-state index contributed by atoms with van der Waals surface area (Å²) < 4.78 is 4.78. The van der Waals surface area contributed by atoms with Gasteiger partial charge in [-0.3, -0.25) is 9.59 Å². The second-order valence-corrected chi connectivity index (χ2v) is 7.22. The number of carbonyl (C=O) groups excluding carboxylic acids is 2. The fourth-order valence-corrected chi connectivity index (χ4v) is 4.85. The van der Waals surface area contributed by atoms with Gasteiger partial charge in [0.15, 0.2) is 5.78 Å². The Hall–Kier alpha value is -0.160. The van der Waals surface area contributed by atoms with E-state index in [4.69, 9.17) is 4.74 Å². The number of esters is 1. The molecule has 0 aliphatic carbocycles. The first-order valence-electron chi connectivity index (χ1n) is 6.46. The molecule has 0 bridgehead atoms. The highest BCUT2D eigenvalue weighted by Crippen LogP contribution is 2.34. The van der Waals surface area contributed by atoms with Crippen LogP contribution in [0.4, 0.5) is 0 Å². The van der Waals surface area contributed by atoms with Gasteiger partial charge in [-0.25, -0.2) is 0 Å². The first kappa shape index (κ1) is 15.9. The lowest BCUT2D eigenvalue weighted by Crippen LogP contribution is -2.39. The molecule has 0 amide bonds. The number of hydrogen-bond acceptors (Lipinski definition) is 5. The Morgan fingerprint density at radius 2 is 2.00 bits per heavy atom. The highest BCUT2D eigenvalue weighted by Gasteiger charge is 2.37. The summed E-state index contributed by atoms with van der Waals surface area (Å²) in [4.78, 5) is 24.2. The van der Waals surface area contributed by atoms with Crippen molar-refractivity contribution in [1.82, 2.24) is 0 Å². The molecule has 3 atom stereocenters. The maximum Gasteiger partial charge on any atom is 0.316 e. The molecule has 0 saturated carbocycles. The number of hydrogen-bond donors (Lipinski definition) is 0. The largest absolute Gasteiger partial charge is 0.468 e. The molecule has 1 rings (SSSR count). The zero-order valence-electron chi connectivity index (χ0n) is 11.3. The predicted molar refractivity (Wildman–Crippen MR) is 78.2 cm³/mol. The van der Waals surface area contributed by atoms with Crippen LogP contribution < -0.4 is 0 Å². The van der Waals surface area contributed by atoms with Gasteiger partial charge in [-0.1, -0.05) is 26.7 Å². The van der Waals surface area contributed by atoms with Gasteiger partial charge in [0, 0.05) is 16.8 Å². The lowest BCUT2D eigenvalue weighted by atomic mass is 9.94. The fourth-order valence-electron chi connectivity index (χ4n) is 2.07. The highest BCUT2D eigenvalue weighted by molar-refractivity contribution is 8.07. The molecule has 0 aromatic rings. The molecule has 0 N–H and O–H groups in total. The van der Waals surface area contributed by atoms with Crippen LogP contribution in [0.25, 0.3) is 0 Å². The minimum Gasteiger partial charge on any atom is -0.468 e. The van der Waals surface area contributed by atoms with Gasteiger partial charge in [-0.2, -0.15) is 11.8 Å². The lowest BCUT2D eigenvalue weighted by molar-refractivity contribution is -0.149. The van der Waals surface area contributed by atoms with Gasteiger partial charge in [0.25, 0.3) is 0 Å². The first-order valence-corrected chi connectivity index (χ1v) is 8.56.